The van der Waals surface area contributed by atoms with Crippen LogP contribution in [0.2, 0.25) is 0 Å². The lowest BCUT2D eigenvalue weighted by atomic mass is 10.1. The molecule has 2 rings (SSSR count). The summed E-state index contributed by atoms with van der Waals surface area (Å²) in [6, 6.07) is 19.8. The van der Waals surface area contributed by atoms with Crippen LogP contribution in [0.1, 0.15) is 25.0 Å². The molecule has 2 aromatic carbocycles. The highest BCUT2D eigenvalue weighted by atomic mass is 16.2. The zero-order valence-electron chi connectivity index (χ0n) is 13.8. The van der Waals surface area contributed by atoms with Gasteiger partial charge >= 0.3 is 0 Å². The monoisotopic (exact) mass is 308 g/mol. The van der Waals surface area contributed by atoms with Gasteiger partial charge in [0.05, 0.1) is 0 Å². The van der Waals surface area contributed by atoms with E-state index in [0.717, 1.165) is 11.1 Å². The summed E-state index contributed by atoms with van der Waals surface area (Å²) in [5, 5.41) is 0. The third-order valence-corrected chi connectivity index (χ3v) is 3.34. The van der Waals surface area contributed by atoms with Crippen molar-refractivity contribution in [3.8, 4) is 0 Å². The summed E-state index contributed by atoms with van der Waals surface area (Å²) in [5.74, 6) is -0.0313. The standard InChI is InChI=1S/C20H24N2O/c1-20(2,21)16-22(15-18-11-7-4-8-12-18)19(23)14-13-17-9-5-3-6-10-17/h3-14H,15-16,21H2,1-2H3/b14-13+. The minimum absolute atomic E-state index is 0.0313. The van der Waals surface area contributed by atoms with Crippen LogP contribution in [-0.2, 0) is 11.3 Å². The van der Waals surface area contributed by atoms with Crippen LogP contribution in [0.5, 0.6) is 0 Å². The number of hydrogen-bond donors (Lipinski definition) is 1. The highest BCUT2D eigenvalue weighted by Gasteiger charge is 2.20. The van der Waals surface area contributed by atoms with Crippen molar-refractivity contribution >= 4 is 12.0 Å². The zero-order chi connectivity index (χ0) is 16.7. The van der Waals surface area contributed by atoms with E-state index in [9.17, 15) is 4.79 Å². The van der Waals surface area contributed by atoms with Crippen LogP contribution >= 0.6 is 0 Å². The van der Waals surface area contributed by atoms with Crippen molar-refractivity contribution < 1.29 is 4.79 Å². The second kappa shape index (κ2) is 7.75. The van der Waals surface area contributed by atoms with Gasteiger partial charge in [0, 0.05) is 24.7 Å². The number of carbonyl (C=O) groups excluding carboxylic acids is 1. The summed E-state index contributed by atoms with van der Waals surface area (Å²) in [7, 11) is 0. The van der Waals surface area contributed by atoms with Gasteiger partial charge in [-0.05, 0) is 31.1 Å². The molecule has 0 fully saturated rings. The number of hydrogen-bond acceptors (Lipinski definition) is 2. The Balaban J connectivity index is 2.12. The number of rotatable bonds is 6. The van der Waals surface area contributed by atoms with Crippen LogP contribution in [0.4, 0.5) is 0 Å². The van der Waals surface area contributed by atoms with Gasteiger partial charge in [-0.2, -0.15) is 0 Å². The van der Waals surface area contributed by atoms with E-state index < -0.39 is 5.54 Å². The molecule has 120 valence electrons. The zero-order valence-corrected chi connectivity index (χ0v) is 13.8. The fourth-order valence-electron chi connectivity index (χ4n) is 2.34. The summed E-state index contributed by atoms with van der Waals surface area (Å²) in [4.78, 5) is 14.4. The van der Waals surface area contributed by atoms with Gasteiger partial charge in [0.25, 0.3) is 0 Å². The van der Waals surface area contributed by atoms with Crippen LogP contribution in [0, 0.1) is 0 Å². The fourth-order valence-corrected chi connectivity index (χ4v) is 2.34. The van der Waals surface area contributed by atoms with Crippen LogP contribution < -0.4 is 5.73 Å². The fraction of sp³-hybridized carbons (Fsp3) is 0.250. The maximum atomic E-state index is 12.6. The lowest BCUT2D eigenvalue weighted by molar-refractivity contribution is -0.127. The smallest absolute Gasteiger partial charge is 0.246 e. The Morgan fingerprint density at radius 3 is 2.17 bits per heavy atom. The summed E-state index contributed by atoms with van der Waals surface area (Å²) in [6.45, 7) is 4.91. The molecule has 0 bridgehead atoms. The lowest BCUT2D eigenvalue weighted by Gasteiger charge is -2.29. The van der Waals surface area contributed by atoms with Crippen molar-refractivity contribution in [1.29, 1.82) is 0 Å². The van der Waals surface area contributed by atoms with E-state index in [1.807, 2.05) is 80.6 Å². The van der Waals surface area contributed by atoms with Crippen LogP contribution in [-0.4, -0.2) is 22.9 Å². The van der Waals surface area contributed by atoms with Crippen molar-refractivity contribution in [2.75, 3.05) is 6.54 Å². The Hall–Kier alpha value is -2.39. The van der Waals surface area contributed by atoms with E-state index in [0.29, 0.717) is 13.1 Å². The van der Waals surface area contributed by atoms with Gasteiger partial charge in [-0.1, -0.05) is 60.7 Å². The van der Waals surface area contributed by atoms with Crippen molar-refractivity contribution in [1.82, 2.24) is 4.90 Å². The minimum Gasteiger partial charge on any atom is -0.333 e. The first kappa shape index (κ1) is 17.0. The van der Waals surface area contributed by atoms with Gasteiger partial charge < -0.3 is 10.6 Å². The molecule has 0 unspecified atom stereocenters. The average molecular weight is 308 g/mol. The molecule has 3 heteroatoms. The average Bonchev–Trinajstić information content (AvgIpc) is 2.53. The topological polar surface area (TPSA) is 46.3 Å². The molecule has 2 N–H and O–H groups in total. The van der Waals surface area contributed by atoms with Crippen molar-refractivity contribution in [3.63, 3.8) is 0 Å². The summed E-state index contributed by atoms with van der Waals surface area (Å²) in [6.07, 6.45) is 3.45. The highest BCUT2D eigenvalue weighted by Crippen LogP contribution is 2.10. The number of nitrogens with two attached hydrogens (primary N) is 1. The van der Waals surface area contributed by atoms with Gasteiger partial charge in [0.2, 0.25) is 5.91 Å². The van der Waals surface area contributed by atoms with E-state index in [1.54, 1.807) is 11.0 Å². The predicted molar refractivity (Wildman–Crippen MR) is 95.6 cm³/mol. The maximum absolute atomic E-state index is 12.6. The number of carbonyl (C=O) groups is 1. The van der Waals surface area contributed by atoms with Crippen molar-refractivity contribution in [3.05, 3.63) is 77.9 Å². The van der Waals surface area contributed by atoms with Crippen LogP contribution in [0.3, 0.4) is 0 Å². The predicted octanol–water partition coefficient (Wildman–Crippen LogP) is 3.47. The first-order chi connectivity index (χ1) is 10.9. The van der Waals surface area contributed by atoms with E-state index in [-0.39, 0.29) is 5.91 Å². The van der Waals surface area contributed by atoms with Crippen LogP contribution in [0.15, 0.2) is 66.7 Å². The Bertz CT molecular complexity index is 642. The first-order valence-corrected chi connectivity index (χ1v) is 7.79. The lowest BCUT2D eigenvalue weighted by Crippen LogP contribution is -2.46. The van der Waals surface area contributed by atoms with Gasteiger partial charge in [0.15, 0.2) is 0 Å². The van der Waals surface area contributed by atoms with Crippen molar-refractivity contribution in [2.24, 2.45) is 5.73 Å². The molecular weight excluding hydrogens is 284 g/mol. The molecule has 0 aromatic heterocycles. The molecule has 1 amide bonds. The molecule has 0 saturated heterocycles. The third kappa shape index (κ3) is 6.09. The Labute approximate surface area is 138 Å². The largest absolute Gasteiger partial charge is 0.333 e. The Morgan fingerprint density at radius 1 is 1.04 bits per heavy atom. The Kier molecular flexibility index (Phi) is 5.72. The maximum Gasteiger partial charge on any atom is 0.246 e. The molecule has 0 spiro atoms. The Morgan fingerprint density at radius 2 is 1.61 bits per heavy atom. The molecule has 0 saturated carbocycles. The summed E-state index contributed by atoms with van der Waals surface area (Å²) >= 11 is 0. The summed E-state index contributed by atoms with van der Waals surface area (Å²) in [5.41, 5.74) is 7.78. The van der Waals surface area contributed by atoms with Gasteiger partial charge in [-0.25, -0.2) is 0 Å². The van der Waals surface area contributed by atoms with Gasteiger partial charge in [0.1, 0.15) is 0 Å². The first-order valence-electron chi connectivity index (χ1n) is 7.79. The second-order valence-electron chi connectivity index (χ2n) is 6.41. The molecule has 0 atom stereocenters. The molecule has 0 aliphatic rings. The molecule has 0 aliphatic carbocycles. The molecule has 2 aromatic rings. The quantitative estimate of drug-likeness (QED) is 0.831. The SMILES string of the molecule is CC(C)(N)CN(Cc1ccccc1)C(=O)/C=C/c1ccccc1. The van der Waals surface area contributed by atoms with Crippen LogP contribution in [0.25, 0.3) is 6.08 Å². The molecule has 23 heavy (non-hydrogen) atoms. The van der Waals surface area contributed by atoms with E-state index in [4.69, 9.17) is 5.73 Å². The van der Waals surface area contributed by atoms with E-state index in [1.165, 1.54) is 0 Å². The molecular formula is C20H24N2O. The highest BCUT2D eigenvalue weighted by molar-refractivity contribution is 5.91. The van der Waals surface area contributed by atoms with E-state index in [2.05, 4.69) is 0 Å². The molecule has 0 radical (unpaired) electrons. The summed E-state index contributed by atoms with van der Waals surface area (Å²) < 4.78 is 0. The molecule has 0 aliphatic heterocycles. The van der Waals surface area contributed by atoms with Crippen molar-refractivity contribution in [2.45, 2.75) is 25.9 Å². The third-order valence-electron chi connectivity index (χ3n) is 3.34. The normalized spacial score (nSPS) is 11.6. The van der Waals surface area contributed by atoms with Gasteiger partial charge in [-0.15, -0.1) is 0 Å². The van der Waals surface area contributed by atoms with E-state index >= 15 is 0 Å². The number of amides is 1. The number of nitrogens with zero attached hydrogens (tertiary/aromatic N) is 1. The minimum atomic E-state index is -0.439. The molecule has 0 heterocycles. The van der Waals surface area contributed by atoms with Gasteiger partial charge in [-0.3, -0.25) is 4.79 Å². The number of benzene rings is 2. The second-order valence-corrected chi connectivity index (χ2v) is 6.41. The molecule has 3 nitrogen and oxygen atoms in total.